The molecule has 0 aromatic heterocycles. The van der Waals surface area contributed by atoms with Crippen molar-refractivity contribution < 1.29 is 46.2 Å². The van der Waals surface area contributed by atoms with Crippen LogP contribution >= 0.6 is 24.4 Å². The molecular formula is C28H34ClF5N4O5S. The second kappa shape index (κ2) is 13.8. The van der Waals surface area contributed by atoms with Crippen LogP contribution in [0.3, 0.4) is 0 Å². The molecule has 1 atom stereocenters. The molecule has 2 aliphatic heterocycles. The van der Waals surface area contributed by atoms with Crippen LogP contribution in [0.1, 0.15) is 63.5 Å². The summed E-state index contributed by atoms with van der Waals surface area (Å²) in [5.41, 5.74) is -2.96. The molecule has 2 heterocycles. The number of imide groups is 1. The maximum absolute atomic E-state index is 14.6. The Morgan fingerprint density at radius 1 is 1.16 bits per heavy atom. The zero-order chi connectivity index (χ0) is 31.7. The van der Waals surface area contributed by atoms with E-state index in [2.05, 4.69) is 0 Å². The summed E-state index contributed by atoms with van der Waals surface area (Å²) in [6.07, 6.45) is -2.64. The van der Waals surface area contributed by atoms with Gasteiger partial charge in [-0.25, -0.2) is 13.6 Å². The molecule has 16 heteroatoms. The summed E-state index contributed by atoms with van der Waals surface area (Å²) in [6.45, 7) is 2.54. The molecule has 2 saturated heterocycles. The fraction of sp³-hybridized carbons (Fsp3) is 0.643. The van der Waals surface area contributed by atoms with E-state index in [1.54, 1.807) is 13.8 Å². The summed E-state index contributed by atoms with van der Waals surface area (Å²) >= 11 is 0.580. The Morgan fingerprint density at radius 3 is 2.39 bits per heavy atom. The molecule has 44 heavy (non-hydrogen) atoms. The number of nitrogens with zero attached hydrogens (tertiary/aromatic N) is 4. The molecule has 1 aromatic carbocycles. The standard InChI is InChI=1S/C28H33F5N4O5S.ClH/c1-26(2)24(40)37(43-21-8-3-17(14-34)22(13-21)28(31,32)33)25(41)36(26)19-4-6-20(7-5-19)42-12-10-18-9-11-35(15-23(38)39)16-27(18,29)30;/h3,8,13,18-20H,4-7,9-12,15-16H2,1-2H3,(H,38,39);1H. The van der Waals surface area contributed by atoms with Crippen molar-refractivity contribution in [3.05, 3.63) is 29.3 Å². The number of hydrogen-bond acceptors (Lipinski definition) is 7. The van der Waals surface area contributed by atoms with E-state index in [1.807, 2.05) is 0 Å². The molecule has 244 valence electrons. The zero-order valence-electron chi connectivity index (χ0n) is 24.1. The Kier molecular flexibility index (Phi) is 11.2. The lowest BCUT2D eigenvalue weighted by molar-refractivity contribution is -0.146. The van der Waals surface area contributed by atoms with Crippen LogP contribution in [0.4, 0.5) is 26.7 Å². The minimum absolute atomic E-state index is 0. The molecule has 1 aliphatic carbocycles. The second-order valence-electron chi connectivity index (χ2n) is 11.7. The molecule has 1 N–H and O–H groups in total. The van der Waals surface area contributed by atoms with Gasteiger partial charge in [0.2, 0.25) is 0 Å². The number of likely N-dealkylation sites (tertiary alicyclic amines) is 1. The lowest BCUT2D eigenvalue weighted by Crippen LogP contribution is -2.51. The van der Waals surface area contributed by atoms with Crippen molar-refractivity contribution in [2.75, 3.05) is 26.2 Å². The first-order valence-corrected chi connectivity index (χ1v) is 14.7. The van der Waals surface area contributed by atoms with E-state index in [-0.39, 0.29) is 55.4 Å². The van der Waals surface area contributed by atoms with Gasteiger partial charge in [-0.3, -0.25) is 14.5 Å². The van der Waals surface area contributed by atoms with Crippen molar-refractivity contribution >= 4 is 42.3 Å². The Hall–Kier alpha value is -2.67. The van der Waals surface area contributed by atoms with Crippen molar-refractivity contribution in [3.63, 3.8) is 0 Å². The van der Waals surface area contributed by atoms with Crippen LogP contribution in [0.2, 0.25) is 0 Å². The molecule has 0 spiro atoms. The quantitative estimate of drug-likeness (QED) is 0.199. The van der Waals surface area contributed by atoms with Crippen LogP contribution in [0.5, 0.6) is 0 Å². The van der Waals surface area contributed by atoms with Gasteiger partial charge in [0.25, 0.3) is 11.8 Å². The van der Waals surface area contributed by atoms with E-state index >= 15 is 0 Å². The van der Waals surface area contributed by atoms with Gasteiger partial charge in [0.1, 0.15) is 5.54 Å². The molecule has 3 amide bonds. The predicted molar refractivity (Wildman–Crippen MR) is 151 cm³/mol. The van der Waals surface area contributed by atoms with Crippen molar-refractivity contribution in [2.45, 2.75) is 87.1 Å². The van der Waals surface area contributed by atoms with Gasteiger partial charge in [-0.2, -0.15) is 22.7 Å². The topological polar surface area (TPSA) is 114 Å². The van der Waals surface area contributed by atoms with Gasteiger partial charge in [-0.1, -0.05) is 0 Å². The number of benzene rings is 1. The van der Waals surface area contributed by atoms with Crippen LogP contribution in [-0.4, -0.2) is 87.0 Å². The van der Waals surface area contributed by atoms with Crippen molar-refractivity contribution in [2.24, 2.45) is 5.92 Å². The Bertz CT molecular complexity index is 1290. The first-order chi connectivity index (χ1) is 20.0. The molecule has 1 saturated carbocycles. The minimum atomic E-state index is -4.78. The van der Waals surface area contributed by atoms with E-state index in [0.717, 1.165) is 16.4 Å². The number of carboxylic acid groups (broad SMARTS) is 1. The lowest BCUT2D eigenvalue weighted by Gasteiger charge is -2.40. The highest BCUT2D eigenvalue weighted by atomic mass is 35.5. The number of carbonyl (C=O) groups excluding carboxylic acids is 2. The summed E-state index contributed by atoms with van der Waals surface area (Å²) in [7, 11) is 0. The Morgan fingerprint density at radius 2 is 1.82 bits per heavy atom. The number of urea groups is 1. The second-order valence-corrected chi connectivity index (χ2v) is 12.7. The fourth-order valence-corrected chi connectivity index (χ4v) is 7.05. The highest BCUT2D eigenvalue weighted by molar-refractivity contribution is 7.98. The Labute approximate surface area is 262 Å². The lowest BCUT2D eigenvalue weighted by atomic mass is 9.88. The van der Waals surface area contributed by atoms with Gasteiger partial charge >= 0.3 is 18.2 Å². The molecule has 3 fully saturated rings. The Balaban J connectivity index is 0.00000529. The van der Waals surface area contributed by atoms with E-state index in [0.29, 0.717) is 37.6 Å². The van der Waals surface area contributed by atoms with Gasteiger partial charge in [-0.15, -0.1) is 12.4 Å². The number of nitriles is 1. The number of ether oxygens (including phenoxy) is 1. The van der Waals surface area contributed by atoms with E-state index in [9.17, 15) is 36.3 Å². The predicted octanol–water partition coefficient (Wildman–Crippen LogP) is 5.81. The van der Waals surface area contributed by atoms with Crippen LogP contribution in [0, 0.1) is 17.2 Å². The molecule has 9 nitrogen and oxygen atoms in total. The van der Waals surface area contributed by atoms with Gasteiger partial charge in [0.15, 0.2) is 0 Å². The number of rotatable bonds is 9. The third-order valence-electron chi connectivity index (χ3n) is 8.32. The largest absolute Gasteiger partial charge is 0.480 e. The van der Waals surface area contributed by atoms with Crippen molar-refractivity contribution in [3.8, 4) is 6.07 Å². The number of alkyl halides is 5. The van der Waals surface area contributed by atoms with E-state index < -0.39 is 65.7 Å². The van der Waals surface area contributed by atoms with Crippen LogP contribution in [-0.2, 0) is 20.5 Å². The number of hydrogen-bond donors (Lipinski definition) is 1. The molecule has 0 radical (unpaired) electrons. The first-order valence-electron chi connectivity index (χ1n) is 14.0. The third-order valence-corrected chi connectivity index (χ3v) is 9.29. The number of amides is 3. The molecule has 3 aliphatic rings. The summed E-state index contributed by atoms with van der Waals surface area (Å²) in [5, 5.41) is 17.9. The monoisotopic (exact) mass is 668 g/mol. The summed E-state index contributed by atoms with van der Waals surface area (Å²) < 4.78 is 76.1. The number of aliphatic carboxylic acids is 1. The van der Waals surface area contributed by atoms with Crippen molar-refractivity contribution in [1.29, 1.82) is 5.26 Å². The van der Waals surface area contributed by atoms with Crippen LogP contribution < -0.4 is 0 Å². The maximum Gasteiger partial charge on any atom is 0.417 e. The average molecular weight is 669 g/mol. The molecule has 1 aromatic rings. The van der Waals surface area contributed by atoms with Crippen LogP contribution in [0.25, 0.3) is 0 Å². The molecular weight excluding hydrogens is 635 g/mol. The molecule has 0 bridgehead atoms. The van der Waals surface area contributed by atoms with E-state index in [1.165, 1.54) is 21.9 Å². The van der Waals surface area contributed by atoms with Gasteiger partial charge in [-0.05, 0) is 89.1 Å². The summed E-state index contributed by atoms with van der Waals surface area (Å²) in [4.78, 5) is 40.2. The van der Waals surface area contributed by atoms with Crippen LogP contribution in [0.15, 0.2) is 23.1 Å². The molecule has 1 unspecified atom stereocenters. The number of carbonyl (C=O) groups is 3. The minimum Gasteiger partial charge on any atom is -0.480 e. The molecule has 4 rings (SSSR count). The average Bonchev–Trinajstić information content (AvgIpc) is 3.08. The smallest absolute Gasteiger partial charge is 0.417 e. The first kappa shape index (κ1) is 35.8. The highest BCUT2D eigenvalue weighted by Crippen LogP contribution is 2.42. The zero-order valence-corrected chi connectivity index (χ0v) is 25.7. The SMILES string of the molecule is CC1(C)C(=O)N(Sc2ccc(C#N)c(C(F)(F)F)c2)C(=O)N1C1CCC(OCCC2CCN(CC(=O)O)CC2(F)F)CC1.Cl. The highest BCUT2D eigenvalue weighted by Gasteiger charge is 2.55. The van der Waals surface area contributed by atoms with Crippen molar-refractivity contribution in [1.82, 2.24) is 14.1 Å². The number of halogens is 6. The van der Waals surface area contributed by atoms with Gasteiger partial charge in [0, 0.05) is 23.5 Å². The third kappa shape index (κ3) is 7.75. The summed E-state index contributed by atoms with van der Waals surface area (Å²) in [5.74, 6) is -5.64. The van der Waals surface area contributed by atoms with Gasteiger partial charge < -0.3 is 14.7 Å². The summed E-state index contributed by atoms with van der Waals surface area (Å²) in [6, 6.07) is 3.54. The number of piperidine rings is 1. The van der Waals surface area contributed by atoms with Gasteiger partial charge in [0.05, 0.1) is 36.4 Å². The normalized spacial score (nSPS) is 25.5. The van der Waals surface area contributed by atoms with E-state index in [4.69, 9.17) is 15.1 Å². The fourth-order valence-electron chi connectivity index (χ4n) is 6.07. The number of carboxylic acids is 1. The maximum atomic E-state index is 14.6.